The Morgan fingerprint density at radius 3 is 2.50 bits per heavy atom. The van der Waals surface area contributed by atoms with Crippen LogP contribution < -0.4 is 0 Å². The molecule has 2 nitrogen and oxygen atoms in total. The maximum Gasteiger partial charge on any atom is 0.185 e. The van der Waals surface area contributed by atoms with Crippen molar-refractivity contribution in [3.05, 3.63) is 69.8 Å². The van der Waals surface area contributed by atoms with E-state index in [2.05, 4.69) is 0 Å². The van der Waals surface area contributed by atoms with E-state index in [9.17, 15) is 9.90 Å². The molecule has 0 atom stereocenters. The number of hydrogen-bond donors (Lipinski definition) is 1. The summed E-state index contributed by atoms with van der Waals surface area (Å²) in [5.41, 5.74) is 3.69. The van der Waals surface area contributed by atoms with Crippen LogP contribution in [0.25, 0.3) is 6.08 Å². The van der Waals surface area contributed by atoms with E-state index in [0.717, 1.165) is 16.7 Å². The summed E-state index contributed by atoms with van der Waals surface area (Å²) in [7, 11) is 0. The van der Waals surface area contributed by atoms with E-state index in [1.54, 1.807) is 18.2 Å². The van der Waals surface area contributed by atoms with Crippen LogP contribution in [0.15, 0.2) is 42.5 Å². The largest absolute Gasteiger partial charge is 0.506 e. The molecule has 20 heavy (non-hydrogen) atoms. The van der Waals surface area contributed by atoms with Crippen LogP contribution >= 0.6 is 11.6 Å². The second-order valence-corrected chi connectivity index (χ2v) is 5.11. The average Bonchev–Trinajstić information content (AvgIpc) is 2.43. The number of benzene rings is 2. The summed E-state index contributed by atoms with van der Waals surface area (Å²) in [5, 5.41) is 9.60. The fraction of sp³-hybridized carbons (Fsp3) is 0.118. The number of allylic oxidation sites excluding steroid dienone is 1. The summed E-state index contributed by atoms with van der Waals surface area (Å²) in [6.07, 6.45) is 3.19. The summed E-state index contributed by atoms with van der Waals surface area (Å²) in [4.78, 5) is 12.1. The standard InChI is InChI=1S/C17H15ClO2/c1-11-3-6-14(9-12(11)2)16(19)7-4-13-5-8-17(20)15(18)10-13/h3-10,20H,1-2H3. The third-order valence-corrected chi connectivity index (χ3v) is 3.49. The van der Waals surface area contributed by atoms with Crippen molar-refractivity contribution in [3.63, 3.8) is 0 Å². The maximum absolute atomic E-state index is 12.1. The highest BCUT2D eigenvalue weighted by Gasteiger charge is 2.03. The van der Waals surface area contributed by atoms with Gasteiger partial charge >= 0.3 is 0 Å². The second-order valence-electron chi connectivity index (χ2n) is 4.71. The quantitative estimate of drug-likeness (QED) is 0.663. The molecule has 1 N–H and O–H groups in total. The smallest absolute Gasteiger partial charge is 0.185 e. The first-order valence-corrected chi connectivity index (χ1v) is 6.63. The van der Waals surface area contributed by atoms with Gasteiger partial charge in [0.25, 0.3) is 0 Å². The van der Waals surface area contributed by atoms with Gasteiger partial charge in [0, 0.05) is 5.56 Å². The number of carbonyl (C=O) groups is 1. The van der Waals surface area contributed by atoms with Crippen LogP contribution in [0.4, 0.5) is 0 Å². The lowest BCUT2D eigenvalue weighted by Crippen LogP contribution is -1.95. The van der Waals surface area contributed by atoms with Crippen LogP contribution in [0.1, 0.15) is 27.0 Å². The molecule has 0 bridgehead atoms. The third kappa shape index (κ3) is 3.28. The van der Waals surface area contributed by atoms with E-state index in [4.69, 9.17) is 11.6 Å². The molecule has 0 radical (unpaired) electrons. The summed E-state index contributed by atoms with van der Waals surface area (Å²) >= 11 is 5.82. The van der Waals surface area contributed by atoms with Crippen molar-refractivity contribution in [2.45, 2.75) is 13.8 Å². The predicted octanol–water partition coefficient (Wildman–Crippen LogP) is 4.56. The molecule has 0 saturated carbocycles. The monoisotopic (exact) mass is 286 g/mol. The van der Waals surface area contributed by atoms with E-state index in [-0.39, 0.29) is 16.6 Å². The first kappa shape index (κ1) is 14.4. The van der Waals surface area contributed by atoms with E-state index < -0.39 is 0 Å². The lowest BCUT2D eigenvalue weighted by Gasteiger charge is -2.02. The molecule has 2 rings (SSSR count). The topological polar surface area (TPSA) is 37.3 Å². The van der Waals surface area contributed by atoms with Gasteiger partial charge in [-0.25, -0.2) is 0 Å². The number of aromatic hydroxyl groups is 1. The second kappa shape index (κ2) is 5.93. The van der Waals surface area contributed by atoms with Gasteiger partial charge in [-0.2, -0.15) is 0 Å². The van der Waals surface area contributed by atoms with Crippen molar-refractivity contribution in [1.82, 2.24) is 0 Å². The van der Waals surface area contributed by atoms with Gasteiger partial charge in [0.2, 0.25) is 0 Å². The Balaban J connectivity index is 2.19. The Bertz CT molecular complexity index is 687. The number of ketones is 1. The van der Waals surface area contributed by atoms with Gasteiger partial charge in [-0.15, -0.1) is 0 Å². The lowest BCUT2D eigenvalue weighted by atomic mass is 10.0. The third-order valence-electron chi connectivity index (χ3n) is 3.19. The van der Waals surface area contributed by atoms with Crippen molar-refractivity contribution in [2.24, 2.45) is 0 Å². The number of hydrogen-bond acceptors (Lipinski definition) is 2. The van der Waals surface area contributed by atoms with Gasteiger partial charge in [-0.1, -0.05) is 35.9 Å². The fourth-order valence-corrected chi connectivity index (χ4v) is 1.98. The number of rotatable bonds is 3. The molecule has 0 aliphatic carbocycles. The van der Waals surface area contributed by atoms with E-state index >= 15 is 0 Å². The molecular formula is C17H15ClO2. The molecule has 0 saturated heterocycles. The number of carbonyl (C=O) groups excluding carboxylic acids is 1. The van der Waals surface area contributed by atoms with Gasteiger partial charge < -0.3 is 5.11 Å². The molecular weight excluding hydrogens is 272 g/mol. The van der Waals surface area contributed by atoms with Crippen LogP contribution in [0.5, 0.6) is 5.75 Å². The first-order chi connectivity index (χ1) is 9.47. The summed E-state index contributed by atoms with van der Waals surface area (Å²) in [5.74, 6) is -0.0263. The molecule has 0 unspecified atom stereocenters. The van der Waals surface area contributed by atoms with Gasteiger partial charge in [-0.3, -0.25) is 4.79 Å². The zero-order chi connectivity index (χ0) is 14.7. The Morgan fingerprint density at radius 2 is 1.85 bits per heavy atom. The normalized spacial score (nSPS) is 10.9. The molecule has 0 fully saturated rings. The predicted molar refractivity (Wildman–Crippen MR) is 82.4 cm³/mol. The zero-order valence-corrected chi connectivity index (χ0v) is 12.1. The Morgan fingerprint density at radius 1 is 1.10 bits per heavy atom. The molecule has 0 heterocycles. The Hall–Kier alpha value is -2.06. The highest BCUT2D eigenvalue weighted by molar-refractivity contribution is 6.32. The van der Waals surface area contributed by atoms with Crippen LogP contribution in [-0.4, -0.2) is 10.9 Å². The number of phenolic OH excluding ortho intramolecular Hbond substituents is 1. The van der Waals surface area contributed by atoms with Crippen LogP contribution in [0.2, 0.25) is 5.02 Å². The lowest BCUT2D eigenvalue weighted by molar-refractivity contribution is 0.104. The average molecular weight is 287 g/mol. The molecule has 3 heteroatoms. The summed E-state index contributed by atoms with van der Waals surface area (Å²) < 4.78 is 0. The van der Waals surface area contributed by atoms with Gasteiger partial charge in [0.05, 0.1) is 5.02 Å². The SMILES string of the molecule is Cc1ccc(C(=O)C=Cc2ccc(O)c(Cl)c2)cc1C. The maximum atomic E-state index is 12.1. The minimum Gasteiger partial charge on any atom is -0.506 e. The minimum absolute atomic E-state index is 0.0318. The van der Waals surface area contributed by atoms with E-state index in [1.165, 1.54) is 12.1 Å². The number of halogens is 1. The molecule has 0 aliphatic heterocycles. The zero-order valence-electron chi connectivity index (χ0n) is 11.4. The summed E-state index contributed by atoms with van der Waals surface area (Å²) in [6, 6.07) is 10.5. The Labute approximate surface area is 123 Å². The van der Waals surface area contributed by atoms with Crippen molar-refractivity contribution in [1.29, 1.82) is 0 Å². The van der Waals surface area contributed by atoms with Crippen molar-refractivity contribution >= 4 is 23.5 Å². The summed E-state index contributed by atoms with van der Waals surface area (Å²) in [6.45, 7) is 3.99. The van der Waals surface area contributed by atoms with Gasteiger partial charge in [0.1, 0.15) is 5.75 Å². The van der Waals surface area contributed by atoms with Crippen LogP contribution in [0.3, 0.4) is 0 Å². The highest BCUT2D eigenvalue weighted by Crippen LogP contribution is 2.24. The van der Waals surface area contributed by atoms with E-state index in [1.807, 2.05) is 32.0 Å². The van der Waals surface area contributed by atoms with E-state index in [0.29, 0.717) is 5.56 Å². The molecule has 0 spiro atoms. The Kier molecular flexibility index (Phi) is 4.26. The van der Waals surface area contributed by atoms with Crippen LogP contribution in [-0.2, 0) is 0 Å². The van der Waals surface area contributed by atoms with Crippen molar-refractivity contribution in [3.8, 4) is 5.75 Å². The molecule has 2 aromatic rings. The highest BCUT2D eigenvalue weighted by atomic mass is 35.5. The van der Waals surface area contributed by atoms with Crippen LogP contribution in [0, 0.1) is 13.8 Å². The molecule has 2 aromatic carbocycles. The number of phenols is 1. The molecule has 102 valence electrons. The number of aryl methyl sites for hydroxylation is 2. The first-order valence-electron chi connectivity index (χ1n) is 6.25. The van der Waals surface area contributed by atoms with Crippen molar-refractivity contribution < 1.29 is 9.90 Å². The van der Waals surface area contributed by atoms with Gasteiger partial charge in [0.15, 0.2) is 5.78 Å². The van der Waals surface area contributed by atoms with Gasteiger partial charge in [-0.05, 0) is 54.8 Å². The minimum atomic E-state index is -0.0581. The molecule has 0 aromatic heterocycles. The van der Waals surface area contributed by atoms with Crippen molar-refractivity contribution in [2.75, 3.05) is 0 Å². The molecule has 0 amide bonds. The molecule has 0 aliphatic rings. The fourth-order valence-electron chi connectivity index (χ4n) is 1.79.